The number of hydrogen-bond acceptors (Lipinski definition) is 2. The maximum absolute atomic E-state index is 3.51. The highest BCUT2D eigenvalue weighted by Crippen LogP contribution is 2.20. The summed E-state index contributed by atoms with van der Waals surface area (Å²) in [6.07, 6.45) is 5.64. The molecule has 2 atom stereocenters. The smallest absolute Gasteiger partial charge is 0.0221 e. The van der Waals surface area contributed by atoms with E-state index in [1.54, 1.807) is 0 Å². The molecule has 2 heterocycles. The molecule has 2 heteroatoms. The van der Waals surface area contributed by atoms with E-state index in [0.717, 1.165) is 12.0 Å². The number of piperidine rings is 2. The van der Waals surface area contributed by atoms with Crippen LogP contribution < -0.4 is 5.32 Å². The summed E-state index contributed by atoms with van der Waals surface area (Å²) in [7, 11) is 0. The van der Waals surface area contributed by atoms with Gasteiger partial charge in [-0.25, -0.2) is 0 Å². The van der Waals surface area contributed by atoms with Crippen LogP contribution >= 0.6 is 0 Å². The molecule has 0 radical (unpaired) electrons. The van der Waals surface area contributed by atoms with E-state index in [4.69, 9.17) is 0 Å². The first-order chi connectivity index (χ1) is 6.36. The van der Waals surface area contributed by atoms with Gasteiger partial charge in [-0.05, 0) is 44.7 Å². The van der Waals surface area contributed by atoms with Gasteiger partial charge in [0, 0.05) is 19.1 Å². The minimum atomic E-state index is 0.844. The van der Waals surface area contributed by atoms with E-state index in [1.807, 2.05) is 0 Å². The first-order valence-corrected chi connectivity index (χ1v) is 5.81. The van der Waals surface area contributed by atoms with Gasteiger partial charge in [-0.2, -0.15) is 0 Å². The Bertz CT molecular complexity index is 152. The minimum absolute atomic E-state index is 0.844. The zero-order valence-corrected chi connectivity index (χ0v) is 8.76. The monoisotopic (exact) mass is 182 g/mol. The molecule has 0 aromatic rings. The maximum Gasteiger partial charge on any atom is 0.0221 e. The summed E-state index contributed by atoms with van der Waals surface area (Å²) in [6.45, 7) is 7.54. The van der Waals surface area contributed by atoms with Gasteiger partial charge in [-0.3, -0.25) is 4.90 Å². The van der Waals surface area contributed by atoms with Crippen molar-refractivity contribution in [3.8, 4) is 0 Å². The van der Waals surface area contributed by atoms with Crippen LogP contribution in [0.4, 0.5) is 0 Å². The van der Waals surface area contributed by atoms with Gasteiger partial charge in [-0.15, -0.1) is 0 Å². The third kappa shape index (κ3) is 2.44. The predicted molar refractivity (Wildman–Crippen MR) is 55.9 cm³/mol. The SMILES string of the molecule is C[C@@H]1CCCN([C@H]2CCCNC2)C1. The largest absolute Gasteiger partial charge is 0.315 e. The molecule has 0 aromatic heterocycles. The van der Waals surface area contributed by atoms with E-state index in [2.05, 4.69) is 17.1 Å². The average Bonchev–Trinajstić information content (AvgIpc) is 2.19. The van der Waals surface area contributed by atoms with Crippen LogP contribution in [-0.4, -0.2) is 37.1 Å². The van der Waals surface area contributed by atoms with Crippen LogP contribution in [0.1, 0.15) is 32.6 Å². The third-order valence-corrected chi connectivity index (χ3v) is 3.48. The Balaban J connectivity index is 1.83. The summed E-state index contributed by atoms with van der Waals surface area (Å²) in [5.74, 6) is 0.927. The second kappa shape index (κ2) is 4.43. The summed E-state index contributed by atoms with van der Waals surface area (Å²) in [5.41, 5.74) is 0. The van der Waals surface area contributed by atoms with Gasteiger partial charge in [0.1, 0.15) is 0 Å². The van der Waals surface area contributed by atoms with Crippen molar-refractivity contribution in [3.63, 3.8) is 0 Å². The Morgan fingerprint density at radius 1 is 1.23 bits per heavy atom. The maximum atomic E-state index is 3.51. The molecule has 2 saturated heterocycles. The minimum Gasteiger partial charge on any atom is -0.315 e. The fourth-order valence-electron chi connectivity index (χ4n) is 2.70. The molecular weight excluding hydrogens is 160 g/mol. The highest BCUT2D eigenvalue weighted by molar-refractivity contribution is 4.81. The molecule has 1 N–H and O–H groups in total. The number of nitrogens with one attached hydrogen (secondary N) is 1. The molecule has 2 nitrogen and oxygen atoms in total. The molecule has 0 bridgehead atoms. The second-order valence-electron chi connectivity index (χ2n) is 4.74. The van der Waals surface area contributed by atoms with Crippen molar-refractivity contribution < 1.29 is 0 Å². The molecule has 2 fully saturated rings. The van der Waals surface area contributed by atoms with E-state index in [9.17, 15) is 0 Å². The number of nitrogens with zero attached hydrogens (tertiary/aromatic N) is 1. The molecule has 2 rings (SSSR count). The molecule has 0 spiro atoms. The lowest BCUT2D eigenvalue weighted by Gasteiger charge is -2.39. The molecule has 0 saturated carbocycles. The topological polar surface area (TPSA) is 15.3 Å². The fourth-order valence-corrected chi connectivity index (χ4v) is 2.70. The number of likely N-dealkylation sites (tertiary alicyclic amines) is 1. The first kappa shape index (κ1) is 9.47. The van der Waals surface area contributed by atoms with Gasteiger partial charge in [-0.1, -0.05) is 6.92 Å². The standard InChI is InChI=1S/C11H22N2/c1-10-4-3-7-13(9-10)11-5-2-6-12-8-11/h10-12H,2-9H2,1H3/t10-,11+/m1/s1. The van der Waals surface area contributed by atoms with Crippen LogP contribution in [0, 0.1) is 5.92 Å². The van der Waals surface area contributed by atoms with Crippen molar-refractivity contribution >= 4 is 0 Å². The Labute approximate surface area is 81.7 Å². The highest BCUT2D eigenvalue weighted by atomic mass is 15.2. The summed E-state index contributed by atoms with van der Waals surface area (Å²) in [4.78, 5) is 2.71. The molecule has 76 valence electrons. The molecule has 2 aliphatic rings. The van der Waals surface area contributed by atoms with E-state index in [0.29, 0.717) is 0 Å². The van der Waals surface area contributed by atoms with Crippen molar-refractivity contribution in [2.45, 2.75) is 38.6 Å². The Morgan fingerprint density at radius 3 is 2.85 bits per heavy atom. The lowest BCUT2D eigenvalue weighted by Crippen LogP contribution is -2.49. The molecule has 0 aliphatic carbocycles. The first-order valence-electron chi connectivity index (χ1n) is 5.81. The van der Waals surface area contributed by atoms with Crippen LogP contribution in [0.5, 0.6) is 0 Å². The molecule has 0 unspecified atom stereocenters. The molecule has 13 heavy (non-hydrogen) atoms. The summed E-state index contributed by atoms with van der Waals surface area (Å²) in [5, 5.41) is 3.51. The van der Waals surface area contributed by atoms with E-state index >= 15 is 0 Å². The Kier molecular flexibility index (Phi) is 3.23. The van der Waals surface area contributed by atoms with Crippen molar-refractivity contribution in [1.82, 2.24) is 10.2 Å². The molecular formula is C11H22N2. The van der Waals surface area contributed by atoms with Gasteiger partial charge >= 0.3 is 0 Å². The quantitative estimate of drug-likeness (QED) is 0.660. The highest BCUT2D eigenvalue weighted by Gasteiger charge is 2.24. The average molecular weight is 182 g/mol. The third-order valence-electron chi connectivity index (χ3n) is 3.48. The molecule has 0 aromatic carbocycles. The Morgan fingerprint density at radius 2 is 2.15 bits per heavy atom. The normalized spacial score (nSPS) is 37.6. The van der Waals surface area contributed by atoms with Crippen LogP contribution in [0.15, 0.2) is 0 Å². The van der Waals surface area contributed by atoms with Gasteiger partial charge in [0.2, 0.25) is 0 Å². The summed E-state index contributed by atoms with van der Waals surface area (Å²) >= 11 is 0. The van der Waals surface area contributed by atoms with Crippen LogP contribution in [0.3, 0.4) is 0 Å². The van der Waals surface area contributed by atoms with Gasteiger partial charge in [0.05, 0.1) is 0 Å². The van der Waals surface area contributed by atoms with Crippen LogP contribution in [0.2, 0.25) is 0 Å². The van der Waals surface area contributed by atoms with E-state index in [-0.39, 0.29) is 0 Å². The lowest BCUT2D eigenvalue weighted by atomic mass is 9.96. The Hall–Kier alpha value is -0.0800. The number of rotatable bonds is 1. The summed E-state index contributed by atoms with van der Waals surface area (Å²) in [6, 6.07) is 0.844. The second-order valence-corrected chi connectivity index (χ2v) is 4.74. The lowest BCUT2D eigenvalue weighted by molar-refractivity contribution is 0.111. The van der Waals surface area contributed by atoms with Gasteiger partial charge in [0.15, 0.2) is 0 Å². The van der Waals surface area contributed by atoms with Crippen molar-refractivity contribution in [1.29, 1.82) is 0 Å². The van der Waals surface area contributed by atoms with Crippen molar-refractivity contribution in [3.05, 3.63) is 0 Å². The number of hydrogen-bond donors (Lipinski definition) is 1. The van der Waals surface area contributed by atoms with E-state index in [1.165, 1.54) is 51.9 Å². The zero-order chi connectivity index (χ0) is 9.10. The molecule has 0 amide bonds. The molecule has 2 aliphatic heterocycles. The van der Waals surface area contributed by atoms with Crippen LogP contribution in [-0.2, 0) is 0 Å². The van der Waals surface area contributed by atoms with Gasteiger partial charge in [0.25, 0.3) is 0 Å². The summed E-state index contributed by atoms with van der Waals surface area (Å²) < 4.78 is 0. The van der Waals surface area contributed by atoms with Crippen molar-refractivity contribution in [2.75, 3.05) is 26.2 Å². The van der Waals surface area contributed by atoms with Crippen LogP contribution in [0.25, 0.3) is 0 Å². The van der Waals surface area contributed by atoms with Crippen molar-refractivity contribution in [2.24, 2.45) is 5.92 Å². The zero-order valence-electron chi connectivity index (χ0n) is 8.76. The van der Waals surface area contributed by atoms with Gasteiger partial charge < -0.3 is 5.32 Å². The predicted octanol–water partition coefficient (Wildman–Crippen LogP) is 1.47. The fraction of sp³-hybridized carbons (Fsp3) is 1.00. The van der Waals surface area contributed by atoms with E-state index < -0.39 is 0 Å².